The average molecular weight is 397 g/mol. The van der Waals surface area contributed by atoms with Crippen LogP contribution >= 0.6 is 0 Å². The molecule has 4 rings (SSSR count). The van der Waals surface area contributed by atoms with Crippen molar-refractivity contribution in [3.8, 4) is 11.5 Å². The minimum atomic E-state index is -0.642. The SMILES string of the molecule is Cc1nc(Nc2cc(-c3ccco3)[nH]n2)nc(NC(C)c2ccc(F)cc2F)n1. The van der Waals surface area contributed by atoms with E-state index < -0.39 is 17.7 Å². The molecule has 8 nitrogen and oxygen atoms in total. The Balaban J connectivity index is 1.51. The largest absolute Gasteiger partial charge is 0.463 e. The summed E-state index contributed by atoms with van der Waals surface area (Å²) in [4.78, 5) is 12.8. The second-order valence-corrected chi connectivity index (χ2v) is 6.33. The zero-order valence-corrected chi connectivity index (χ0v) is 15.6. The van der Waals surface area contributed by atoms with Gasteiger partial charge in [0.25, 0.3) is 0 Å². The van der Waals surface area contributed by atoms with Crippen molar-refractivity contribution < 1.29 is 13.2 Å². The zero-order valence-electron chi connectivity index (χ0n) is 15.6. The Bertz CT molecular complexity index is 1130. The van der Waals surface area contributed by atoms with Gasteiger partial charge < -0.3 is 15.1 Å². The molecule has 0 radical (unpaired) electrons. The van der Waals surface area contributed by atoms with Crippen LogP contribution in [0.3, 0.4) is 0 Å². The minimum Gasteiger partial charge on any atom is -0.463 e. The molecular formula is C19H17F2N7O. The van der Waals surface area contributed by atoms with E-state index in [2.05, 4.69) is 35.8 Å². The van der Waals surface area contributed by atoms with E-state index in [0.717, 1.165) is 6.07 Å². The van der Waals surface area contributed by atoms with Crippen molar-refractivity contribution >= 4 is 17.7 Å². The Morgan fingerprint density at radius 3 is 2.66 bits per heavy atom. The lowest BCUT2D eigenvalue weighted by molar-refractivity contribution is 0.566. The smallest absolute Gasteiger partial charge is 0.233 e. The second-order valence-electron chi connectivity index (χ2n) is 6.33. The summed E-state index contributed by atoms with van der Waals surface area (Å²) in [5.74, 6) is 0.839. The predicted molar refractivity (Wildman–Crippen MR) is 103 cm³/mol. The van der Waals surface area contributed by atoms with Gasteiger partial charge in [0.05, 0.1) is 12.3 Å². The quantitative estimate of drug-likeness (QED) is 0.444. The number of benzene rings is 1. The topological polar surface area (TPSA) is 105 Å². The van der Waals surface area contributed by atoms with Crippen molar-refractivity contribution in [3.05, 3.63) is 65.7 Å². The maximum absolute atomic E-state index is 14.0. The number of H-pyrrole nitrogens is 1. The van der Waals surface area contributed by atoms with Crippen LogP contribution < -0.4 is 10.6 Å². The van der Waals surface area contributed by atoms with Crippen LogP contribution in [0.15, 0.2) is 47.1 Å². The third-order valence-corrected chi connectivity index (χ3v) is 4.13. The summed E-state index contributed by atoms with van der Waals surface area (Å²) >= 11 is 0. The molecule has 0 saturated carbocycles. The lowest BCUT2D eigenvalue weighted by Crippen LogP contribution is -2.13. The molecule has 0 bridgehead atoms. The van der Waals surface area contributed by atoms with Gasteiger partial charge in [0.2, 0.25) is 11.9 Å². The van der Waals surface area contributed by atoms with Crippen LogP contribution in [0, 0.1) is 18.6 Å². The van der Waals surface area contributed by atoms with Crippen molar-refractivity contribution in [2.24, 2.45) is 0 Å². The van der Waals surface area contributed by atoms with E-state index in [0.29, 0.717) is 28.7 Å². The molecule has 0 saturated heterocycles. The first-order valence-electron chi connectivity index (χ1n) is 8.78. The Morgan fingerprint density at radius 2 is 1.90 bits per heavy atom. The van der Waals surface area contributed by atoms with Crippen LogP contribution in [0.1, 0.15) is 24.4 Å². The number of anilines is 3. The molecule has 1 unspecified atom stereocenters. The first-order valence-corrected chi connectivity index (χ1v) is 8.78. The number of aromatic amines is 1. The van der Waals surface area contributed by atoms with Crippen molar-refractivity contribution in [3.63, 3.8) is 0 Å². The van der Waals surface area contributed by atoms with Crippen LogP contribution in [-0.4, -0.2) is 25.1 Å². The Morgan fingerprint density at radius 1 is 1.07 bits per heavy atom. The fourth-order valence-electron chi connectivity index (χ4n) is 2.78. The Hall–Kier alpha value is -3.82. The number of nitrogens with one attached hydrogen (secondary N) is 3. The lowest BCUT2D eigenvalue weighted by atomic mass is 10.1. The highest BCUT2D eigenvalue weighted by Gasteiger charge is 2.14. The number of rotatable bonds is 6. The van der Waals surface area contributed by atoms with Crippen LogP contribution in [0.2, 0.25) is 0 Å². The van der Waals surface area contributed by atoms with Crippen molar-refractivity contribution in [2.45, 2.75) is 19.9 Å². The molecule has 1 aromatic carbocycles. The number of aryl methyl sites for hydroxylation is 1. The first-order chi connectivity index (χ1) is 14.0. The van der Waals surface area contributed by atoms with E-state index in [1.807, 2.05) is 6.07 Å². The molecule has 3 aromatic heterocycles. The third kappa shape index (κ3) is 4.21. The summed E-state index contributed by atoms with van der Waals surface area (Å²) in [5, 5.41) is 13.0. The van der Waals surface area contributed by atoms with Crippen LogP contribution in [0.5, 0.6) is 0 Å². The molecule has 1 atom stereocenters. The van der Waals surface area contributed by atoms with Crippen LogP contribution in [-0.2, 0) is 0 Å². The highest BCUT2D eigenvalue weighted by molar-refractivity contribution is 5.60. The molecule has 0 aliphatic heterocycles. The summed E-state index contributed by atoms with van der Waals surface area (Å²) in [6.07, 6.45) is 1.57. The summed E-state index contributed by atoms with van der Waals surface area (Å²) in [5.41, 5.74) is 0.997. The molecule has 148 valence electrons. The molecule has 0 aliphatic rings. The minimum absolute atomic E-state index is 0.248. The van der Waals surface area contributed by atoms with E-state index in [-0.39, 0.29) is 11.9 Å². The molecule has 3 N–H and O–H groups in total. The molecule has 0 fully saturated rings. The fraction of sp³-hybridized carbons (Fsp3) is 0.158. The van der Waals surface area contributed by atoms with Gasteiger partial charge >= 0.3 is 0 Å². The maximum atomic E-state index is 14.0. The Labute approximate surface area is 164 Å². The lowest BCUT2D eigenvalue weighted by Gasteiger charge is -2.15. The standard InChI is InChI=1S/C19H17F2N7O/c1-10(13-6-5-12(20)8-14(13)21)22-18-23-11(2)24-19(26-18)25-17-9-15(27-28-17)16-4-3-7-29-16/h3-10H,1-2H3,(H3,22,23,24,25,26,27,28). The van der Waals surface area contributed by atoms with Gasteiger partial charge in [0, 0.05) is 17.7 Å². The summed E-state index contributed by atoms with van der Waals surface area (Å²) in [6, 6.07) is 8.28. The second kappa shape index (κ2) is 7.66. The molecule has 3 heterocycles. The normalized spacial score (nSPS) is 12.0. The van der Waals surface area contributed by atoms with E-state index in [9.17, 15) is 8.78 Å². The fourth-order valence-corrected chi connectivity index (χ4v) is 2.78. The van der Waals surface area contributed by atoms with E-state index in [1.54, 1.807) is 32.2 Å². The van der Waals surface area contributed by atoms with Gasteiger partial charge in [0.1, 0.15) is 23.2 Å². The number of hydrogen-bond acceptors (Lipinski definition) is 7. The van der Waals surface area contributed by atoms with Gasteiger partial charge in [-0.2, -0.15) is 20.1 Å². The molecule has 0 spiro atoms. The van der Waals surface area contributed by atoms with E-state index in [4.69, 9.17) is 4.42 Å². The summed E-state index contributed by atoms with van der Waals surface area (Å²) < 4.78 is 32.4. The molecule has 4 aromatic rings. The van der Waals surface area contributed by atoms with Crippen molar-refractivity contribution in [1.29, 1.82) is 0 Å². The molecule has 29 heavy (non-hydrogen) atoms. The highest BCUT2D eigenvalue weighted by Crippen LogP contribution is 2.23. The molecule has 10 heteroatoms. The van der Waals surface area contributed by atoms with Gasteiger partial charge in [-0.1, -0.05) is 6.07 Å². The number of furan rings is 1. The third-order valence-electron chi connectivity index (χ3n) is 4.13. The van der Waals surface area contributed by atoms with Gasteiger partial charge in [-0.15, -0.1) is 0 Å². The Kier molecular flexibility index (Phi) is 4.90. The van der Waals surface area contributed by atoms with Gasteiger partial charge in [0.15, 0.2) is 11.6 Å². The van der Waals surface area contributed by atoms with Crippen molar-refractivity contribution in [1.82, 2.24) is 25.1 Å². The van der Waals surface area contributed by atoms with Gasteiger partial charge in [-0.3, -0.25) is 5.10 Å². The number of hydrogen-bond donors (Lipinski definition) is 3. The molecular weight excluding hydrogens is 380 g/mol. The molecule has 0 amide bonds. The van der Waals surface area contributed by atoms with Crippen molar-refractivity contribution in [2.75, 3.05) is 10.6 Å². The average Bonchev–Trinajstić information content (AvgIpc) is 3.32. The zero-order chi connectivity index (χ0) is 20.4. The van der Waals surface area contributed by atoms with E-state index in [1.165, 1.54) is 12.1 Å². The van der Waals surface area contributed by atoms with Gasteiger partial charge in [-0.25, -0.2) is 8.78 Å². The van der Waals surface area contributed by atoms with E-state index >= 15 is 0 Å². The number of halogens is 2. The summed E-state index contributed by atoms with van der Waals surface area (Å²) in [7, 11) is 0. The maximum Gasteiger partial charge on any atom is 0.233 e. The summed E-state index contributed by atoms with van der Waals surface area (Å²) in [6.45, 7) is 3.44. The monoisotopic (exact) mass is 397 g/mol. The first kappa shape index (κ1) is 18.5. The number of nitrogens with zero attached hydrogens (tertiary/aromatic N) is 4. The number of aromatic nitrogens is 5. The predicted octanol–water partition coefficient (Wildman–Crippen LogP) is 4.36. The van der Waals surface area contributed by atoms with Gasteiger partial charge in [-0.05, 0) is 32.0 Å². The van der Waals surface area contributed by atoms with Crippen LogP contribution in [0.4, 0.5) is 26.5 Å². The highest BCUT2D eigenvalue weighted by atomic mass is 19.1. The van der Waals surface area contributed by atoms with Crippen LogP contribution in [0.25, 0.3) is 11.5 Å². The molecule has 0 aliphatic carbocycles.